The monoisotopic (exact) mass is 374 g/mol. The molecule has 1 fully saturated rings. The fraction of sp³-hybridized carbons (Fsp3) is 0.467. The van der Waals surface area contributed by atoms with Crippen LogP contribution in [0.4, 0.5) is 5.95 Å². The third-order valence-corrected chi connectivity index (χ3v) is 5.03. The van der Waals surface area contributed by atoms with Crippen LogP contribution in [0, 0.1) is 0 Å². The Morgan fingerprint density at radius 3 is 2.61 bits per heavy atom. The molecule has 126 valence electrons. The SMILES string of the molecule is CC(NCc1cnc(N2CCOCC2)nc1)c1ccc(Cl)s1.Cl. The lowest BCUT2D eigenvalue weighted by atomic mass is 10.2. The molecule has 1 N–H and O–H groups in total. The maximum absolute atomic E-state index is 5.97. The molecule has 0 radical (unpaired) electrons. The van der Waals surface area contributed by atoms with Crippen LogP contribution in [0.1, 0.15) is 23.4 Å². The van der Waals surface area contributed by atoms with Crippen molar-refractivity contribution in [1.29, 1.82) is 0 Å². The van der Waals surface area contributed by atoms with Crippen molar-refractivity contribution in [2.24, 2.45) is 0 Å². The predicted molar refractivity (Wildman–Crippen MR) is 96.9 cm³/mol. The van der Waals surface area contributed by atoms with Gasteiger partial charge in [0.25, 0.3) is 0 Å². The first kappa shape index (κ1) is 18.4. The zero-order valence-electron chi connectivity index (χ0n) is 12.9. The van der Waals surface area contributed by atoms with E-state index in [0.717, 1.165) is 48.7 Å². The van der Waals surface area contributed by atoms with Gasteiger partial charge in [-0.05, 0) is 19.1 Å². The number of nitrogens with one attached hydrogen (secondary N) is 1. The number of halogens is 2. The Kier molecular flexibility index (Phi) is 7.05. The fourth-order valence-electron chi connectivity index (χ4n) is 2.30. The summed E-state index contributed by atoms with van der Waals surface area (Å²) >= 11 is 7.58. The Hall–Kier alpha value is -0.920. The highest BCUT2D eigenvalue weighted by Crippen LogP contribution is 2.26. The smallest absolute Gasteiger partial charge is 0.225 e. The third kappa shape index (κ3) is 5.02. The van der Waals surface area contributed by atoms with E-state index in [1.807, 2.05) is 18.5 Å². The molecule has 1 saturated heterocycles. The van der Waals surface area contributed by atoms with Gasteiger partial charge in [-0.3, -0.25) is 0 Å². The van der Waals surface area contributed by atoms with Gasteiger partial charge in [0.05, 0.1) is 17.6 Å². The Morgan fingerprint density at radius 1 is 1.30 bits per heavy atom. The molecule has 3 heterocycles. The number of hydrogen-bond donors (Lipinski definition) is 1. The third-order valence-electron chi connectivity index (χ3n) is 3.62. The molecule has 1 atom stereocenters. The average Bonchev–Trinajstić information content (AvgIpc) is 3.00. The lowest BCUT2D eigenvalue weighted by Crippen LogP contribution is -2.37. The van der Waals surface area contributed by atoms with Gasteiger partial charge in [-0.1, -0.05) is 11.6 Å². The molecule has 0 spiro atoms. The van der Waals surface area contributed by atoms with E-state index in [0.29, 0.717) is 0 Å². The number of hydrogen-bond acceptors (Lipinski definition) is 6. The molecule has 0 bridgehead atoms. The quantitative estimate of drug-likeness (QED) is 0.869. The summed E-state index contributed by atoms with van der Waals surface area (Å²) in [5, 5.41) is 3.47. The summed E-state index contributed by atoms with van der Waals surface area (Å²) < 4.78 is 6.16. The molecule has 23 heavy (non-hydrogen) atoms. The molecule has 8 heteroatoms. The first-order valence-corrected chi connectivity index (χ1v) is 8.54. The lowest BCUT2D eigenvalue weighted by molar-refractivity contribution is 0.122. The molecule has 1 unspecified atom stereocenters. The summed E-state index contributed by atoms with van der Waals surface area (Å²) in [6, 6.07) is 4.25. The number of thiophene rings is 1. The molecule has 0 amide bonds. The van der Waals surface area contributed by atoms with E-state index in [1.165, 1.54) is 4.88 Å². The summed E-state index contributed by atoms with van der Waals surface area (Å²) in [5.74, 6) is 0.783. The summed E-state index contributed by atoms with van der Waals surface area (Å²) in [6.07, 6.45) is 3.78. The van der Waals surface area contributed by atoms with Crippen LogP contribution in [0.3, 0.4) is 0 Å². The van der Waals surface area contributed by atoms with Crippen LogP contribution in [0.15, 0.2) is 24.5 Å². The van der Waals surface area contributed by atoms with Gasteiger partial charge in [-0.25, -0.2) is 9.97 Å². The van der Waals surface area contributed by atoms with E-state index in [1.54, 1.807) is 11.3 Å². The minimum absolute atomic E-state index is 0. The number of nitrogens with zero attached hydrogens (tertiary/aromatic N) is 3. The molecule has 1 aliphatic heterocycles. The Bertz CT molecular complexity index is 602. The zero-order chi connectivity index (χ0) is 15.4. The lowest BCUT2D eigenvalue weighted by Gasteiger charge is -2.26. The second kappa shape index (κ2) is 8.80. The van der Waals surface area contributed by atoms with Crippen LogP contribution in [0.25, 0.3) is 0 Å². The van der Waals surface area contributed by atoms with Crippen molar-refractivity contribution >= 4 is 41.3 Å². The van der Waals surface area contributed by atoms with Gasteiger partial charge < -0.3 is 15.0 Å². The van der Waals surface area contributed by atoms with E-state index in [9.17, 15) is 0 Å². The highest BCUT2D eigenvalue weighted by Gasteiger charge is 2.13. The van der Waals surface area contributed by atoms with E-state index >= 15 is 0 Å². The van der Waals surface area contributed by atoms with Crippen LogP contribution in [0.2, 0.25) is 4.34 Å². The Balaban J connectivity index is 0.00000192. The molecule has 3 rings (SSSR count). The van der Waals surface area contributed by atoms with Gasteiger partial charge in [0.2, 0.25) is 5.95 Å². The summed E-state index contributed by atoms with van der Waals surface area (Å²) in [5.41, 5.74) is 1.08. The maximum atomic E-state index is 5.97. The van der Waals surface area contributed by atoms with E-state index < -0.39 is 0 Å². The highest BCUT2D eigenvalue weighted by molar-refractivity contribution is 7.16. The first-order valence-electron chi connectivity index (χ1n) is 7.34. The molecule has 0 aromatic carbocycles. The number of anilines is 1. The van der Waals surface area contributed by atoms with Crippen LogP contribution in [-0.2, 0) is 11.3 Å². The second-order valence-electron chi connectivity index (χ2n) is 5.24. The zero-order valence-corrected chi connectivity index (χ0v) is 15.3. The standard InChI is InChI=1S/C15H19ClN4OS.ClH/c1-11(13-2-3-14(16)22-13)17-8-12-9-18-15(19-10-12)20-4-6-21-7-5-20;/h2-3,9-11,17H,4-8H2,1H3;1H. The molecule has 2 aromatic rings. The number of aromatic nitrogens is 2. The van der Waals surface area contributed by atoms with E-state index in [-0.39, 0.29) is 18.4 Å². The first-order chi connectivity index (χ1) is 10.7. The fourth-order valence-corrected chi connectivity index (χ4v) is 3.39. The van der Waals surface area contributed by atoms with Crippen molar-refractivity contribution < 1.29 is 4.74 Å². The van der Waals surface area contributed by atoms with E-state index in [2.05, 4.69) is 33.2 Å². The molecule has 5 nitrogen and oxygen atoms in total. The average molecular weight is 375 g/mol. The van der Waals surface area contributed by atoms with Gasteiger partial charge in [0.15, 0.2) is 0 Å². The minimum Gasteiger partial charge on any atom is -0.378 e. The van der Waals surface area contributed by atoms with Crippen molar-refractivity contribution in [2.45, 2.75) is 19.5 Å². The minimum atomic E-state index is 0. The summed E-state index contributed by atoms with van der Waals surface area (Å²) in [6.45, 7) is 6.06. The molecule has 1 aliphatic rings. The molecule has 0 saturated carbocycles. The van der Waals surface area contributed by atoms with Crippen molar-refractivity contribution in [1.82, 2.24) is 15.3 Å². The number of ether oxygens (including phenoxy) is 1. The maximum Gasteiger partial charge on any atom is 0.225 e. The van der Waals surface area contributed by atoms with Gasteiger partial charge in [-0.15, -0.1) is 23.7 Å². The van der Waals surface area contributed by atoms with E-state index in [4.69, 9.17) is 16.3 Å². The largest absolute Gasteiger partial charge is 0.378 e. The second-order valence-corrected chi connectivity index (χ2v) is 6.98. The predicted octanol–water partition coefficient (Wildman–Crippen LogP) is 3.30. The van der Waals surface area contributed by atoms with Crippen LogP contribution < -0.4 is 10.2 Å². The van der Waals surface area contributed by atoms with Crippen molar-refractivity contribution in [3.63, 3.8) is 0 Å². The highest BCUT2D eigenvalue weighted by atomic mass is 35.5. The van der Waals surface area contributed by atoms with Gasteiger partial charge in [0.1, 0.15) is 0 Å². The molecular weight excluding hydrogens is 355 g/mol. The topological polar surface area (TPSA) is 50.3 Å². The van der Waals surface area contributed by atoms with Crippen molar-refractivity contribution in [2.75, 3.05) is 31.2 Å². The summed E-state index contributed by atoms with van der Waals surface area (Å²) in [7, 11) is 0. The van der Waals surface area contributed by atoms with Crippen LogP contribution in [-0.4, -0.2) is 36.3 Å². The van der Waals surface area contributed by atoms with Gasteiger partial charge in [-0.2, -0.15) is 0 Å². The molecular formula is C15H20Cl2N4OS. The van der Waals surface area contributed by atoms with Crippen LogP contribution in [0.5, 0.6) is 0 Å². The van der Waals surface area contributed by atoms with Crippen LogP contribution >= 0.6 is 35.3 Å². The Labute approximate surface area is 151 Å². The number of morpholine rings is 1. The molecule has 2 aromatic heterocycles. The van der Waals surface area contributed by atoms with Gasteiger partial charge in [0, 0.05) is 48.5 Å². The summed E-state index contributed by atoms with van der Waals surface area (Å²) in [4.78, 5) is 12.3. The van der Waals surface area contributed by atoms with Crippen molar-refractivity contribution in [3.05, 3.63) is 39.3 Å². The van der Waals surface area contributed by atoms with Gasteiger partial charge >= 0.3 is 0 Å². The van der Waals surface area contributed by atoms with Crippen molar-refractivity contribution in [3.8, 4) is 0 Å². The molecule has 0 aliphatic carbocycles. The normalized spacial score (nSPS) is 16.0. The number of rotatable bonds is 5. The Morgan fingerprint density at radius 2 is 2.00 bits per heavy atom.